The van der Waals surface area contributed by atoms with E-state index < -0.39 is 0 Å². The summed E-state index contributed by atoms with van der Waals surface area (Å²) in [5.41, 5.74) is 2.38. The zero-order valence-electron chi connectivity index (χ0n) is 10.2. The summed E-state index contributed by atoms with van der Waals surface area (Å²) >= 11 is 0. The maximum atomic E-state index is 9.16. The van der Waals surface area contributed by atoms with Gasteiger partial charge >= 0.3 is 0 Å². The summed E-state index contributed by atoms with van der Waals surface area (Å²) in [4.78, 5) is 0. The number of hydrogen-bond acceptors (Lipinski definition) is 2. The van der Waals surface area contributed by atoms with Gasteiger partial charge in [-0.05, 0) is 23.3 Å². The lowest BCUT2D eigenvalue weighted by Crippen LogP contribution is -2.12. The van der Waals surface area contributed by atoms with E-state index in [9.17, 15) is 0 Å². The molecule has 0 fully saturated rings. The van der Waals surface area contributed by atoms with E-state index in [0.717, 1.165) is 18.7 Å². The van der Waals surface area contributed by atoms with E-state index in [4.69, 9.17) is 5.11 Å². The molecule has 0 amide bonds. The van der Waals surface area contributed by atoms with E-state index in [-0.39, 0.29) is 0 Å². The highest BCUT2D eigenvalue weighted by Crippen LogP contribution is 2.10. The van der Waals surface area contributed by atoms with Gasteiger partial charge in [0, 0.05) is 13.1 Å². The predicted molar refractivity (Wildman–Crippen MR) is 75.3 cm³/mol. The van der Waals surface area contributed by atoms with E-state index in [1.807, 2.05) is 36.4 Å². The molecule has 2 N–H and O–H groups in total. The van der Waals surface area contributed by atoms with Crippen molar-refractivity contribution in [2.45, 2.75) is 6.54 Å². The maximum absolute atomic E-state index is 9.16. The first kappa shape index (κ1) is 12.4. The van der Waals surface area contributed by atoms with Crippen LogP contribution in [0, 0.1) is 0 Å². The van der Waals surface area contributed by atoms with Gasteiger partial charge in [-0.1, -0.05) is 54.6 Å². The van der Waals surface area contributed by atoms with Crippen LogP contribution in [0.3, 0.4) is 0 Å². The fourth-order valence-corrected chi connectivity index (χ4v) is 1.68. The van der Waals surface area contributed by atoms with Crippen LogP contribution in [0.4, 0.5) is 0 Å². The molecule has 0 saturated carbocycles. The third kappa shape index (κ3) is 4.07. The molecule has 0 aromatic heterocycles. The van der Waals surface area contributed by atoms with Gasteiger partial charge < -0.3 is 10.4 Å². The Bertz CT molecular complexity index is 488. The SMILES string of the molecule is Oc1ccc(/C=C/CNCc2ccccc2)cc1. The first-order chi connectivity index (χ1) is 8.84. The monoisotopic (exact) mass is 239 g/mol. The zero-order chi connectivity index (χ0) is 12.6. The predicted octanol–water partition coefficient (Wildman–Crippen LogP) is 3.20. The average Bonchev–Trinajstić information content (AvgIpc) is 2.42. The first-order valence-electron chi connectivity index (χ1n) is 6.05. The van der Waals surface area contributed by atoms with Crippen molar-refractivity contribution < 1.29 is 5.11 Å². The molecule has 18 heavy (non-hydrogen) atoms. The third-order valence-electron chi connectivity index (χ3n) is 2.64. The van der Waals surface area contributed by atoms with E-state index in [1.165, 1.54) is 5.56 Å². The van der Waals surface area contributed by atoms with Gasteiger partial charge in [0.1, 0.15) is 5.75 Å². The van der Waals surface area contributed by atoms with Gasteiger partial charge in [-0.25, -0.2) is 0 Å². The largest absolute Gasteiger partial charge is 0.508 e. The molecule has 2 rings (SSSR count). The Morgan fingerprint density at radius 1 is 0.944 bits per heavy atom. The van der Waals surface area contributed by atoms with Crippen molar-refractivity contribution >= 4 is 6.08 Å². The van der Waals surface area contributed by atoms with Crippen LogP contribution in [0.15, 0.2) is 60.7 Å². The topological polar surface area (TPSA) is 32.3 Å². The third-order valence-corrected chi connectivity index (χ3v) is 2.64. The Labute approximate surface area is 108 Å². The summed E-state index contributed by atoms with van der Waals surface area (Å²) < 4.78 is 0. The van der Waals surface area contributed by atoms with Crippen LogP contribution in [0.25, 0.3) is 6.08 Å². The Balaban J connectivity index is 1.74. The molecule has 0 saturated heterocycles. The van der Waals surface area contributed by atoms with Crippen LogP contribution in [-0.2, 0) is 6.54 Å². The summed E-state index contributed by atoms with van der Waals surface area (Å²) in [6.45, 7) is 1.70. The Kier molecular flexibility index (Phi) is 4.56. The second-order valence-electron chi connectivity index (χ2n) is 4.11. The fraction of sp³-hybridized carbons (Fsp3) is 0.125. The number of phenols is 1. The molecule has 0 aliphatic rings. The van der Waals surface area contributed by atoms with Gasteiger partial charge in [-0.3, -0.25) is 0 Å². The van der Waals surface area contributed by atoms with Crippen molar-refractivity contribution in [1.82, 2.24) is 5.32 Å². The minimum absolute atomic E-state index is 0.300. The zero-order valence-corrected chi connectivity index (χ0v) is 10.2. The summed E-state index contributed by atoms with van der Waals surface area (Å²) in [7, 11) is 0. The molecular formula is C16H17NO. The van der Waals surface area contributed by atoms with Gasteiger partial charge in [0.15, 0.2) is 0 Å². The highest BCUT2D eigenvalue weighted by molar-refractivity contribution is 5.50. The van der Waals surface area contributed by atoms with Crippen LogP contribution >= 0.6 is 0 Å². The van der Waals surface area contributed by atoms with E-state index in [0.29, 0.717) is 5.75 Å². The Hall–Kier alpha value is -2.06. The second-order valence-corrected chi connectivity index (χ2v) is 4.11. The molecule has 2 aromatic carbocycles. The van der Waals surface area contributed by atoms with Gasteiger partial charge in [0.05, 0.1) is 0 Å². The lowest BCUT2D eigenvalue weighted by Gasteiger charge is -2.01. The molecule has 0 bridgehead atoms. The molecule has 2 nitrogen and oxygen atoms in total. The molecule has 92 valence electrons. The quantitative estimate of drug-likeness (QED) is 0.785. The van der Waals surface area contributed by atoms with E-state index >= 15 is 0 Å². The lowest BCUT2D eigenvalue weighted by atomic mass is 10.2. The molecule has 0 unspecified atom stereocenters. The molecule has 0 spiro atoms. The number of phenolic OH excluding ortho intramolecular Hbond substituents is 1. The van der Waals surface area contributed by atoms with Crippen LogP contribution in [0.5, 0.6) is 5.75 Å². The molecule has 0 aliphatic heterocycles. The molecule has 0 heterocycles. The molecule has 0 atom stereocenters. The number of benzene rings is 2. The van der Waals surface area contributed by atoms with Crippen molar-refractivity contribution in [2.75, 3.05) is 6.54 Å². The van der Waals surface area contributed by atoms with Crippen molar-refractivity contribution in [3.05, 3.63) is 71.8 Å². The first-order valence-corrected chi connectivity index (χ1v) is 6.05. The second kappa shape index (κ2) is 6.62. The van der Waals surface area contributed by atoms with Crippen LogP contribution in [0.2, 0.25) is 0 Å². The minimum Gasteiger partial charge on any atom is -0.508 e. The van der Waals surface area contributed by atoms with E-state index in [2.05, 4.69) is 23.5 Å². The normalized spacial score (nSPS) is 10.9. The number of rotatable bonds is 5. The molecule has 2 heteroatoms. The minimum atomic E-state index is 0.300. The number of hydrogen-bond donors (Lipinski definition) is 2. The molecular weight excluding hydrogens is 222 g/mol. The van der Waals surface area contributed by atoms with Gasteiger partial charge in [-0.15, -0.1) is 0 Å². The van der Waals surface area contributed by atoms with Crippen LogP contribution in [0.1, 0.15) is 11.1 Å². The summed E-state index contributed by atoms with van der Waals surface area (Å²) in [6.07, 6.45) is 4.12. The molecule has 2 aromatic rings. The van der Waals surface area contributed by atoms with Gasteiger partial charge in [0.2, 0.25) is 0 Å². The van der Waals surface area contributed by atoms with E-state index in [1.54, 1.807) is 12.1 Å². The highest BCUT2D eigenvalue weighted by atomic mass is 16.3. The lowest BCUT2D eigenvalue weighted by molar-refractivity contribution is 0.475. The smallest absolute Gasteiger partial charge is 0.115 e. The average molecular weight is 239 g/mol. The van der Waals surface area contributed by atoms with Gasteiger partial charge in [0.25, 0.3) is 0 Å². The highest BCUT2D eigenvalue weighted by Gasteiger charge is 1.89. The maximum Gasteiger partial charge on any atom is 0.115 e. The fourth-order valence-electron chi connectivity index (χ4n) is 1.68. The molecule has 0 aliphatic carbocycles. The van der Waals surface area contributed by atoms with Crippen molar-refractivity contribution in [3.63, 3.8) is 0 Å². The number of aromatic hydroxyl groups is 1. The Morgan fingerprint density at radius 2 is 1.67 bits per heavy atom. The van der Waals surface area contributed by atoms with Crippen molar-refractivity contribution in [2.24, 2.45) is 0 Å². The van der Waals surface area contributed by atoms with Crippen LogP contribution in [-0.4, -0.2) is 11.7 Å². The standard InChI is InChI=1S/C16H17NO/c18-16-10-8-14(9-11-16)7-4-12-17-13-15-5-2-1-3-6-15/h1-11,17-18H,12-13H2/b7-4+. The molecule has 0 radical (unpaired) electrons. The Morgan fingerprint density at radius 3 is 2.39 bits per heavy atom. The summed E-state index contributed by atoms with van der Waals surface area (Å²) in [5.74, 6) is 0.300. The van der Waals surface area contributed by atoms with Crippen LogP contribution < -0.4 is 5.32 Å². The number of nitrogens with one attached hydrogen (secondary N) is 1. The van der Waals surface area contributed by atoms with Crippen molar-refractivity contribution in [3.8, 4) is 5.75 Å². The summed E-state index contributed by atoms with van der Waals surface area (Å²) in [6, 6.07) is 17.5. The van der Waals surface area contributed by atoms with Crippen molar-refractivity contribution in [1.29, 1.82) is 0 Å². The summed E-state index contributed by atoms with van der Waals surface area (Å²) in [5, 5.41) is 12.5. The van der Waals surface area contributed by atoms with Gasteiger partial charge in [-0.2, -0.15) is 0 Å².